The quantitative estimate of drug-likeness (QED) is 0.398. The maximum absolute atomic E-state index is 12.6. The van der Waals surface area contributed by atoms with E-state index in [9.17, 15) is 26.4 Å². The molecular weight excluding hydrogens is 329 g/mol. The van der Waals surface area contributed by atoms with Gasteiger partial charge in [-0.1, -0.05) is 13.8 Å². The third kappa shape index (κ3) is 4.85. The number of rotatable bonds is 7. The highest BCUT2D eigenvalue weighted by Crippen LogP contribution is 2.58. The van der Waals surface area contributed by atoms with Gasteiger partial charge in [-0.3, -0.25) is 8.42 Å². The van der Waals surface area contributed by atoms with Gasteiger partial charge >= 0.3 is 15.6 Å². The molecule has 0 heterocycles. The Kier molecular flexibility index (Phi) is 6.78. The van der Waals surface area contributed by atoms with Crippen LogP contribution in [-0.2, 0) is 14.9 Å². The van der Waals surface area contributed by atoms with Gasteiger partial charge in [0.15, 0.2) is 0 Å². The molecule has 1 N–H and O–H groups in total. The van der Waals surface area contributed by atoms with Crippen LogP contribution in [0.3, 0.4) is 0 Å². The molecule has 0 aromatic rings. The van der Waals surface area contributed by atoms with Crippen molar-refractivity contribution in [2.24, 2.45) is 5.92 Å². The monoisotopic (exact) mass is 353 g/mol. The van der Waals surface area contributed by atoms with Gasteiger partial charge in [0.05, 0.1) is 5.75 Å². The molecule has 128 valence electrons. The van der Waals surface area contributed by atoms with Crippen LogP contribution in [0.25, 0.3) is 0 Å². The van der Waals surface area contributed by atoms with E-state index < -0.39 is 36.4 Å². The second-order valence-electron chi connectivity index (χ2n) is 5.67. The molecule has 9 heteroatoms. The van der Waals surface area contributed by atoms with E-state index in [2.05, 4.69) is 3.63 Å². The number of hydrogen-bond donors (Lipinski definition) is 0. The topological polar surface area (TPSA) is 64.0 Å². The number of carbonyl (C=O) groups is 1. The van der Waals surface area contributed by atoms with Crippen LogP contribution >= 0.6 is 10.3 Å². The fourth-order valence-corrected chi connectivity index (χ4v) is 7.63. The molecule has 0 fully saturated rings. The zero-order chi connectivity index (χ0) is 17.2. The van der Waals surface area contributed by atoms with E-state index in [4.69, 9.17) is 0 Å². The maximum Gasteiger partial charge on any atom is 0.572 e. The molecule has 0 aromatic heterocycles. The molecule has 4 nitrogen and oxygen atoms in total. The molecule has 0 radical (unpaired) electrons. The van der Waals surface area contributed by atoms with E-state index in [0.29, 0.717) is 0 Å². The molecule has 0 aromatic carbocycles. The molecule has 0 rings (SSSR count). The van der Waals surface area contributed by atoms with Crippen molar-refractivity contribution in [1.29, 1.82) is 0 Å². The Morgan fingerprint density at radius 1 is 1.00 bits per heavy atom. The Balaban J connectivity index is 5.79. The first-order valence-corrected chi connectivity index (χ1v) is 9.87. The highest BCUT2D eigenvalue weighted by atomic mass is 32.3. The van der Waals surface area contributed by atoms with Gasteiger partial charge in [-0.2, -0.15) is 13.2 Å². The first kappa shape index (κ1) is 20.7. The lowest BCUT2D eigenvalue weighted by Gasteiger charge is -2.40. The minimum Gasteiger partial charge on any atom is -0.298 e. The van der Waals surface area contributed by atoms with Gasteiger partial charge in [-0.05, 0) is 38.0 Å². The van der Waals surface area contributed by atoms with E-state index >= 15 is 0 Å². The summed E-state index contributed by atoms with van der Waals surface area (Å²) < 4.78 is 64.0. The number of halogens is 3. The van der Waals surface area contributed by atoms with Gasteiger partial charge in [-0.15, -0.1) is 8.42 Å². The molecule has 0 saturated carbocycles. The third-order valence-corrected chi connectivity index (χ3v) is 9.67. The molecule has 0 atom stereocenters. The van der Waals surface area contributed by atoms with E-state index in [1.807, 2.05) is 0 Å². The van der Waals surface area contributed by atoms with Crippen molar-refractivity contribution in [3.63, 3.8) is 0 Å². The van der Waals surface area contributed by atoms with Crippen molar-refractivity contribution in [3.8, 4) is 0 Å². The minimum absolute atomic E-state index is 0.241. The molecule has 0 bridgehead atoms. The SMILES string of the molecule is CC(C)C(=O)CS([OH+]S(=O)(=O)C(F)(F)F)(C(C)C)C(C)C. The Labute approximate surface area is 126 Å². The molecule has 0 saturated heterocycles. The second-order valence-corrected chi connectivity index (χ2v) is 11.5. The molecule has 0 aliphatic rings. The summed E-state index contributed by atoms with van der Waals surface area (Å²) in [6.45, 7) is 9.70. The van der Waals surface area contributed by atoms with E-state index in [1.54, 1.807) is 41.5 Å². The van der Waals surface area contributed by atoms with Gasteiger partial charge in [-0.25, -0.2) is 0 Å². The molecular formula is C12H24F3O4S2+. The molecule has 0 amide bonds. The fourth-order valence-electron chi connectivity index (χ4n) is 1.70. The zero-order valence-corrected chi connectivity index (χ0v) is 14.7. The molecule has 0 aliphatic carbocycles. The Morgan fingerprint density at radius 2 is 1.38 bits per heavy atom. The Hall–Kier alpha value is -0.280. The summed E-state index contributed by atoms with van der Waals surface area (Å²) in [6.07, 6.45) is 0. The standard InChI is InChI=1S/C12H23F3O4S2/c1-8(2)11(16)7-20(9(3)4,10(5)6)19-21(17,18)12(13,14)15/h8-10H,7H2,1-6H3/p+1. The van der Waals surface area contributed by atoms with E-state index in [1.165, 1.54) is 0 Å². The smallest absolute Gasteiger partial charge is 0.298 e. The molecule has 0 spiro atoms. The van der Waals surface area contributed by atoms with Crippen molar-refractivity contribution in [2.45, 2.75) is 57.6 Å². The van der Waals surface area contributed by atoms with E-state index in [0.717, 1.165) is 0 Å². The second kappa shape index (κ2) is 6.87. The van der Waals surface area contributed by atoms with Gasteiger partial charge in [0, 0.05) is 16.4 Å². The van der Waals surface area contributed by atoms with Crippen LogP contribution in [0.2, 0.25) is 0 Å². The number of alkyl halides is 3. The average molecular weight is 353 g/mol. The van der Waals surface area contributed by atoms with Gasteiger partial charge in [0.2, 0.25) is 0 Å². The van der Waals surface area contributed by atoms with E-state index in [-0.39, 0.29) is 17.5 Å². The summed E-state index contributed by atoms with van der Waals surface area (Å²) in [5, 5.41) is -0.894. The van der Waals surface area contributed by atoms with Crippen molar-refractivity contribution in [3.05, 3.63) is 0 Å². The van der Waals surface area contributed by atoms with Gasteiger partial charge < -0.3 is 0 Å². The van der Waals surface area contributed by atoms with Crippen molar-refractivity contribution < 1.29 is 30.0 Å². The van der Waals surface area contributed by atoms with Crippen molar-refractivity contribution >= 4 is 26.2 Å². The van der Waals surface area contributed by atoms with Crippen molar-refractivity contribution in [2.75, 3.05) is 5.75 Å². The minimum atomic E-state index is -5.61. The average Bonchev–Trinajstić information content (AvgIpc) is 2.24. The largest absolute Gasteiger partial charge is 0.572 e. The molecule has 0 unspecified atom stereocenters. The lowest BCUT2D eigenvalue weighted by Crippen LogP contribution is -2.39. The summed E-state index contributed by atoms with van der Waals surface area (Å²) in [4.78, 5) is 12.0. The van der Waals surface area contributed by atoms with Crippen LogP contribution in [0.4, 0.5) is 13.2 Å². The summed E-state index contributed by atoms with van der Waals surface area (Å²) in [5.74, 6) is -0.887. The number of Topliss-reactive ketones (excluding diaryl/α,β-unsaturated/α-hetero) is 1. The summed E-state index contributed by atoms with van der Waals surface area (Å²) >= 11 is 0. The van der Waals surface area contributed by atoms with Crippen molar-refractivity contribution in [1.82, 2.24) is 0 Å². The normalized spacial score (nSPS) is 15.0. The predicted octanol–water partition coefficient (Wildman–Crippen LogP) is 3.69. The van der Waals surface area contributed by atoms with Crippen LogP contribution < -0.4 is 0 Å². The fraction of sp³-hybridized carbons (Fsp3) is 0.917. The van der Waals surface area contributed by atoms with Crippen LogP contribution in [0, 0.1) is 5.92 Å². The maximum atomic E-state index is 12.6. The lowest BCUT2D eigenvalue weighted by molar-refractivity contribution is -0.119. The lowest BCUT2D eigenvalue weighted by atomic mass is 10.1. The Morgan fingerprint density at radius 3 is 1.62 bits per heavy atom. The summed E-state index contributed by atoms with van der Waals surface area (Å²) in [7, 11) is -8.25. The Bertz CT molecular complexity index is 459. The first-order chi connectivity index (χ1) is 9.17. The van der Waals surface area contributed by atoms with Gasteiger partial charge in [0.1, 0.15) is 5.78 Å². The first-order valence-electron chi connectivity index (χ1n) is 6.54. The van der Waals surface area contributed by atoms with Crippen LogP contribution in [0.1, 0.15) is 41.5 Å². The highest BCUT2D eigenvalue weighted by molar-refractivity contribution is 8.33. The predicted molar refractivity (Wildman–Crippen MR) is 80.2 cm³/mol. The number of carbonyl (C=O) groups excluding carboxylic acids is 1. The zero-order valence-electron chi connectivity index (χ0n) is 13.1. The van der Waals surface area contributed by atoms with Crippen LogP contribution in [-0.4, -0.2) is 39.6 Å². The van der Waals surface area contributed by atoms with Crippen LogP contribution in [0.15, 0.2) is 0 Å². The summed E-state index contributed by atoms with van der Waals surface area (Å²) in [6, 6.07) is 0. The summed E-state index contributed by atoms with van der Waals surface area (Å²) in [5.41, 5.74) is -5.43. The number of hydrogen-bond acceptors (Lipinski definition) is 3. The molecule has 21 heavy (non-hydrogen) atoms. The number of ketones is 1. The third-order valence-electron chi connectivity index (χ3n) is 3.18. The highest BCUT2D eigenvalue weighted by Gasteiger charge is 2.58. The van der Waals surface area contributed by atoms with Gasteiger partial charge in [0.25, 0.3) is 0 Å². The molecule has 0 aliphatic heterocycles. The van der Waals surface area contributed by atoms with Crippen LogP contribution in [0.5, 0.6) is 0 Å².